The van der Waals surface area contributed by atoms with Gasteiger partial charge in [0, 0.05) is 55.6 Å². The fourth-order valence-corrected chi connectivity index (χ4v) is 3.95. The minimum absolute atomic E-state index is 0.0973. The van der Waals surface area contributed by atoms with Crippen LogP contribution in [-0.4, -0.2) is 70.3 Å². The highest BCUT2D eigenvalue weighted by Crippen LogP contribution is 2.23. The van der Waals surface area contributed by atoms with Gasteiger partial charge >= 0.3 is 0 Å². The summed E-state index contributed by atoms with van der Waals surface area (Å²) in [6, 6.07) is 4.25. The van der Waals surface area contributed by atoms with Crippen molar-refractivity contribution in [3.05, 3.63) is 35.6 Å². The van der Waals surface area contributed by atoms with Crippen LogP contribution in [0.2, 0.25) is 0 Å². The molecule has 2 aromatic rings. The van der Waals surface area contributed by atoms with Crippen LogP contribution in [0.5, 0.6) is 0 Å². The molecule has 4 rings (SSSR count). The summed E-state index contributed by atoms with van der Waals surface area (Å²) < 4.78 is 0. The lowest BCUT2D eigenvalue weighted by molar-refractivity contribution is -0.132. The van der Waals surface area contributed by atoms with Crippen molar-refractivity contribution in [3.63, 3.8) is 0 Å². The van der Waals surface area contributed by atoms with Crippen LogP contribution in [0.25, 0.3) is 10.6 Å². The molecule has 142 valence electrons. The van der Waals surface area contributed by atoms with Crippen LogP contribution >= 0.6 is 11.3 Å². The molecule has 0 unspecified atom stereocenters. The SMILES string of the molecule is O=C(CN1CCN(C(=O)Cc2csc(-c3cccnc3)n2)CC1)NC1CC1. The van der Waals surface area contributed by atoms with Gasteiger partial charge in [0.05, 0.1) is 18.7 Å². The van der Waals surface area contributed by atoms with Gasteiger partial charge in [0.15, 0.2) is 0 Å². The molecule has 2 fully saturated rings. The molecule has 1 aliphatic carbocycles. The van der Waals surface area contributed by atoms with Crippen LogP contribution in [-0.2, 0) is 16.0 Å². The van der Waals surface area contributed by atoms with Crippen molar-refractivity contribution in [2.75, 3.05) is 32.7 Å². The molecule has 7 nitrogen and oxygen atoms in total. The summed E-state index contributed by atoms with van der Waals surface area (Å²) >= 11 is 1.53. The zero-order valence-electron chi connectivity index (χ0n) is 15.1. The fraction of sp³-hybridized carbons (Fsp3) is 0.474. The molecule has 0 spiro atoms. The van der Waals surface area contributed by atoms with Gasteiger partial charge < -0.3 is 10.2 Å². The van der Waals surface area contributed by atoms with Crippen molar-refractivity contribution in [2.24, 2.45) is 0 Å². The molecule has 2 amide bonds. The molecular formula is C19H23N5O2S. The van der Waals surface area contributed by atoms with Crippen LogP contribution in [0.15, 0.2) is 29.9 Å². The Morgan fingerprint density at radius 1 is 1.22 bits per heavy atom. The van der Waals surface area contributed by atoms with E-state index >= 15 is 0 Å². The number of amides is 2. The number of piperazine rings is 1. The Balaban J connectivity index is 1.25. The Morgan fingerprint density at radius 3 is 2.74 bits per heavy atom. The minimum Gasteiger partial charge on any atom is -0.352 e. The first-order valence-electron chi connectivity index (χ1n) is 9.31. The third-order valence-corrected chi connectivity index (χ3v) is 5.77. The van der Waals surface area contributed by atoms with Gasteiger partial charge in [-0.05, 0) is 25.0 Å². The summed E-state index contributed by atoms with van der Waals surface area (Å²) in [5.41, 5.74) is 1.77. The van der Waals surface area contributed by atoms with Gasteiger partial charge in [0.25, 0.3) is 0 Å². The quantitative estimate of drug-likeness (QED) is 0.808. The Bertz CT molecular complexity index is 797. The normalized spacial score (nSPS) is 17.7. The van der Waals surface area contributed by atoms with Crippen molar-refractivity contribution in [1.29, 1.82) is 0 Å². The largest absolute Gasteiger partial charge is 0.352 e. The number of carbonyl (C=O) groups is 2. The topological polar surface area (TPSA) is 78.4 Å². The number of hydrogen-bond donors (Lipinski definition) is 1. The first-order valence-corrected chi connectivity index (χ1v) is 10.2. The highest BCUT2D eigenvalue weighted by molar-refractivity contribution is 7.13. The second-order valence-corrected chi connectivity index (χ2v) is 7.92. The van der Waals surface area contributed by atoms with Crippen molar-refractivity contribution in [1.82, 2.24) is 25.1 Å². The average molecular weight is 385 g/mol. The molecule has 8 heteroatoms. The number of pyridine rings is 1. The fourth-order valence-electron chi connectivity index (χ4n) is 3.14. The predicted octanol–water partition coefficient (Wildman–Crippen LogP) is 1.17. The Morgan fingerprint density at radius 2 is 2.04 bits per heavy atom. The van der Waals surface area contributed by atoms with Crippen LogP contribution in [0.3, 0.4) is 0 Å². The molecule has 0 atom stereocenters. The Kier molecular flexibility index (Phi) is 5.45. The maximum Gasteiger partial charge on any atom is 0.234 e. The first-order chi connectivity index (χ1) is 13.2. The predicted molar refractivity (Wildman–Crippen MR) is 103 cm³/mol. The van der Waals surface area contributed by atoms with E-state index < -0.39 is 0 Å². The lowest BCUT2D eigenvalue weighted by Gasteiger charge is -2.34. The molecule has 0 aromatic carbocycles. The van der Waals surface area contributed by atoms with Gasteiger partial charge in [-0.25, -0.2) is 4.98 Å². The van der Waals surface area contributed by atoms with E-state index in [1.165, 1.54) is 11.3 Å². The summed E-state index contributed by atoms with van der Waals surface area (Å²) in [7, 11) is 0. The zero-order valence-corrected chi connectivity index (χ0v) is 16.0. The van der Waals surface area contributed by atoms with Gasteiger partial charge in [0.2, 0.25) is 11.8 Å². The summed E-state index contributed by atoms with van der Waals surface area (Å²) in [6.45, 7) is 3.23. The first kappa shape index (κ1) is 18.1. The van der Waals surface area contributed by atoms with E-state index in [9.17, 15) is 9.59 Å². The van der Waals surface area contributed by atoms with E-state index in [0.717, 1.165) is 42.2 Å². The molecule has 1 saturated heterocycles. The van der Waals surface area contributed by atoms with Crippen molar-refractivity contribution in [2.45, 2.75) is 25.3 Å². The third-order valence-electron chi connectivity index (χ3n) is 4.83. The smallest absolute Gasteiger partial charge is 0.234 e. The molecular weight excluding hydrogens is 362 g/mol. The van der Waals surface area contributed by atoms with E-state index in [2.05, 4.69) is 20.2 Å². The second kappa shape index (κ2) is 8.14. The molecule has 27 heavy (non-hydrogen) atoms. The molecule has 2 aromatic heterocycles. The summed E-state index contributed by atoms with van der Waals surface area (Å²) in [4.78, 5) is 37.1. The van der Waals surface area contributed by atoms with Crippen LogP contribution in [0, 0.1) is 0 Å². The number of aromatic nitrogens is 2. The molecule has 1 aliphatic heterocycles. The number of thiazole rings is 1. The van der Waals surface area contributed by atoms with Crippen molar-refractivity contribution in [3.8, 4) is 10.6 Å². The Labute approximate surface area is 162 Å². The van der Waals surface area contributed by atoms with E-state index in [4.69, 9.17) is 0 Å². The van der Waals surface area contributed by atoms with Crippen LogP contribution in [0.1, 0.15) is 18.5 Å². The van der Waals surface area contributed by atoms with Crippen molar-refractivity contribution >= 4 is 23.2 Å². The minimum atomic E-state index is 0.0973. The molecule has 1 N–H and O–H groups in total. The third kappa shape index (κ3) is 4.90. The molecule has 0 bridgehead atoms. The Hall–Kier alpha value is -2.32. The number of nitrogens with one attached hydrogen (secondary N) is 1. The van der Waals surface area contributed by atoms with Crippen molar-refractivity contribution < 1.29 is 9.59 Å². The van der Waals surface area contributed by atoms with Gasteiger partial charge in [-0.15, -0.1) is 11.3 Å². The standard InChI is InChI=1S/C19H23N5O2S/c25-17(21-15-3-4-15)12-23-6-8-24(9-7-23)18(26)10-16-13-27-19(22-16)14-2-1-5-20-11-14/h1-2,5,11,13,15H,3-4,6-10,12H2,(H,21,25). The van der Waals surface area contributed by atoms with Crippen LogP contribution < -0.4 is 5.32 Å². The maximum absolute atomic E-state index is 12.6. The lowest BCUT2D eigenvalue weighted by Crippen LogP contribution is -2.51. The van der Waals surface area contributed by atoms with Gasteiger partial charge in [-0.1, -0.05) is 0 Å². The highest BCUT2D eigenvalue weighted by atomic mass is 32.1. The summed E-state index contributed by atoms with van der Waals surface area (Å²) in [6.07, 6.45) is 6.04. The highest BCUT2D eigenvalue weighted by Gasteiger charge is 2.26. The average Bonchev–Trinajstić information content (AvgIpc) is 3.37. The van der Waals surface area contributed by atoms with Gasteiger partial charge in [0.1, 0.15) is 5.01 Å². The molecule has 3 heterocycles. The molecule has 0 radical (unpaired) electrons. The lowest BCUT2D eigenvalue weighted by atomic mass is 10.2. The zero-order chi connectivity index (χ0) is 18.6. The second-order valence-electron chi connectivity index (χ2n) is 7.06. The van der Waals surface area contributed by atoms with Gasteiger partial charge in [-0.3, -0.25) is 19.5 Å². The number of hydrogen-bond acceptors (Lipinski definition) is 6. The van der Waals surface area contributed by atoms with Crippen LogP contribution in [0.4, 0.5) is 0 Å². The maximum atomic E-state index is 12.6. The molecule has 1 saturated carbocycles. The number of rotatable bonds is 6. The number of nitrogens with zero attached hydrogens (tertiary/aromatic N) is 4. The number of carbonyl (C=O) groups excluding carboxylic acids is 2. The van der Waals surface area contributed by atoms with E-state index in [1.807, 2.05) is 22.4 Å². The summed E-state index contributed by atoms with van der Waals surface area (Å²) in [5, 5.41) is 5.84. The van der Waals surface area contributed by atoms with Gasteiger partial charge in [-0.2, -0.15) is 0 Å². The van der Waals surface area contributed by atoms with E-state index in [0.29, 0.717) is 32.1 Å². The van der Waals surface area contributed by atoms with E-state index in [1.54, 1.807) is 12.4 Å². The summed E-state index contributed by atoms with van der Waals surface area (Å²) in [5.74, 6) is 0.197. The molecule has 2 aliphatic rings. The van der Waals surface area contributed by atoms with E-state index in [-0.39, 0.29) is 11.8 Å². The monoisotopic (exact) mass is 385 g/mol.